The van der Waals surface area contributed by atoms with Crippen LogP contribution in [-0.4, -0.2) is 41.6 Å². The Kier molecular flexibility index (Phi) is 3.63. The highest BCUT2D eigenvalue weighted by atomic mass is 16.3. The summed E-state index contributed by atoms with van der Waals surface area (Å²) in [6.45, 7) is 2.20. The normalized spacial score (nSPS) is 27.9. The smallest absolute Gasteiger partial charge is 0.224 e. The number of nitrogen functional groups attached to an aromatic ring is 1. The highest BCUT2D eigenvalue weighted by molar-refractivity contribution is 5.82. The zero-order valence-corrected chi connectivity index (χ0v) is 11.5. The second-order valence-electron chi connectivity index (χ2n) is 5.74. The number of nitrogens with one attached hydrogen (secondary N) is 1. The SMILES string of the molecule is Nc1cccc(C(O)CN2CCCC3C(=O)NCC32)c1. The zero-order valence-electron chi connectivity index (χ0n) is 11.5. The maximum absolute atomic E-state index is 11.7. The van der Waals surface area contributed by atoms with Crippen LogP contribution in [-0.2, 0) is 4.79 Å². The molecule has 1 aromatic carbocycles. The lowest BCUT2D eigenvalue weighted by Gasteiger charge is -2.37. The van der Waals surface area contributed by atoms with E-state index in [1.54, 1.807) is 0 Å². The molecule has 4 N–H and O–H groups in total. The number of β-amino-alcohol motifs (C(OH)–C–C–N with tert-alkyl or cyclic N) is 1. The Morgan fingerprint density at radius 3 is 3.15 bits per heavy atom. The summed E-state index contributed by atoms with van der Waals surface area (Å²) in [6, 6.07) is 7.59. The Labute approximate surface area is 118 Å². The van der Waals surface area contributed by atoms with Crippen LogP contribution in [0.15, 0.2) is 24.3 Å². The van der Waals surface area contributed by atoms with E-state index in [4.69, 9.17) is 5.73 Å². The number of hydrogen-bond acceptors (Lipinski definition) is 4. The number of fused-ring (bicyclic) bond motifs is 1. The molecule has 5 nitrogen and oxygen atoms in total. The third-order valence-electron chi connectivity index (χ3n) is 4.42. The van der Waals surface area contributed by atoms with Crippen LogP contribution in [0, 0.1) is 5.92 Å². The molecule has 3 atom stereocenters. The summed E-state index contributed by atoms with van der Waals surface area (Å²) < 4.78 is 0. The van der Waals surface area contributed by atoms with Crippen molar-refractivity contribution in [3.63, 3.8) is 0 Å². The quantitative estimate of drug-likeness (QED) is 0.702. The van der Waals surface area contributed by atoms with Crippen LogP contribution in [0.1, 0.15) is 24.5 Å². The molecule has 0 aromatic heterocycles. The Morgan fingerprint density at radius 2 is 2.35 bits per heavy atom. The number of benzene rings is 1. The third kappa shape index (κ3) is 2.51. The minimum atomic E-state index is -0.562. The van der Waals surface area contributed by atoms with Crippen LogP contribution in [0.25, 0.3) is 0 Å². The Balaban J connectivity index is 1.69. The van der Waals surface area contributed by atoms with Gasteiger partial charge in [-0.25, -0.2) is 0 Å². The lowest BCUT2D eigenvalue weighted by Crippen LogP contribution is -2.47. The molecular weight excluding hydrogens is 254 g/mol. The van der Waals surface area contributed by atoms with Gasteiger partial charge in [-0.1, -0.05) is 12.1 Å². The summed E-state index contributed by atoms with van der Waals surface area (Å²) >= 11 is 0. The molecule has 1 aromatic rings. The number of piperidine rings is 1. The van der Waals surface area contributed by atoms with Crippen LogP contribution >= 0.6 is 0 Å². The molecule has 2 aliphatic heterocycles. The van der Waals surface area contributed by atoms with E-state index >= 15 is 0 Å². The number of likely N-dealkylation sites (tertiary alicyclic amines) is 1. The summed E-state index contributed by atoms with van der Waals surface area (Å²) in [5.74, 6) is 0.259. The molecule has 3 unspecified atom stereocenters. The lowest BCUT2D eigenvalue weighted by molar-refractivity contribution is -0.124. The van der Waals surface area contributed by atoms with E-state index in [2.05, 4.69) is 10.2 Å². The molecule has 3 rings (SSSR count). The highest BCUT2D eigenvalue weighted by Crippen LogP contribution is 2.29. The molecule has 2 aliphatic rings. The van der Waals surface area contributed by atoms with E-state index in [-0.39, 0.29) is 17.9 Å². The van der Waals surface area contributed by atoms with Crippen molar-refractivity contribution < 1.29 is 9.90 Å². The Bertz CT molecular complexity index is 506. The number of rotatable bonds is 3. The van der Waals surface area contributed by atoms with Gasteiger partial charge >= 0.3 is 0 Å². The summed E-state index contributed by atoms with van der Waals surface area (Å²) in [5, 5.41) is 13.3. The van der Waals surface area contributed by atoms with E-state index in [0.29, 0.717) is 18.8 Å². The van der Waals surface area contributed by atoms with Crippen LogP contribution in [0.5, 0.6) is 0 Å². The molecule has 0 saturated carbocycles. The molecular formula is C15H21N3O2. The van der Waals surface area contributed by atoms with Crippen LogP contribution in [0.4, 0.5) is 5.69 Å². The van der Waals surface area contributed by atoms with Crippen LogP contribution < -0.4 is 11.1 Å². The second kappa shape index (κ2) is 5.42. The number of aliphatic hydroxyl groups is 1. The topological polar surface area (TPSA) is 78.6 Å². The number of nitrogens with zero attached hydrogens (tertiary/aromatic N) is 1. The second-order valence-corrected chi connectivity index (χ2v) is 5.74. The largest absolute Gasteiger partial charge is 0.399 e. The van der Waals surface area contributed by atoms with Crippen molar-refractivity contribution in [1.29, 1.82) is 0 Å². The summed E-state index contributed by atoms with van der Waals surface area (Å²) in [4.78, 5) is 14.0. The highest BCUT2D eigenvalue weighted by Gasteiger charge is 2.41. The third-order valence-corrected chi connectivity index (χ3v) is 4.42. The van der Waals surface area contributed by atoms with Crippen molar-refractivity contribution in [2.45, 2.75) is 25.0 Å². The molecule has 0 spiro atoms. The predicted octanol–water partition coefficient (Wildman–Crippen LogP) is 0.513. The Morgan fingerprint density at radius 1 is 1.50 bits per heavy atom. The van der Waals surface area contributed by atoms with Gasteiger partial charge in [-0.2, -0.15) is 0 Å². The first-order chi connectivity index (χ1) is 9.65. The van der Waals surface area contributed by atoms with Crippen LogP contribution in [0.2, 0.25) is 0 Å². The van der Waals surface area contributed by atoms with E-state index in [1.807, 2.05) is 24.3 Å². The number of hydrogen-bond donors (Lipinski definition) is 3. The molecule has 108 valence electrons. The molecule has 0 aliphatic carbocycles. The van der Waals surface area contributed by atoms with Crippen molar-refractivity contribution in [3.05, 3.63) is 29.8 Å². The van der Waals surface area contributed by atoms with Gasteiger partial charge in [-0.15, -0.1) is 0 Å². The van der Waals surface area contributed by atoms with E-state index < -0.39 is 6.10 Å². The summed E-state index contributed by atoms with van der Waals surface area (Å²) in [7, 11) is 0. The van der Waals surface area contributed by atoms with Gasteiger partial charge in [0, 0.05) is 24.8 Å². The molecule has 20 heavy (non-hydrogen) atoms. The van der Waals surface area contributed by atoms with Gasteiger partial charge < -0.3 is 16.2 Å². The fourth-order valence-electron chi connectivity index (χ4n) is 3.36. The van der Waals surface area contributed by atoms with Gasteiger partial charge in [-0.05, 0) is 37.1 Å². The van der Waals surface area contributed by atoms with Gasteiger partial charge in [0.15, 0.2) is 0 Å². The van der Waals surface area contributed by atoms with Crippen molar-refractivity contribution in [2.75, 3.05) is 25.4 Å². The minimum Gasteiger partial charge on any atom is -0.399 e. The molecule has 0 bridgehead atoms. The average Bonchev–Trinajstić information content (AvgIpc) is 2.82. The van der Waals surface area contributed by atoms with E-state index in [1.165, 1.54) is 0 Å². The van der Waals surface area contributed by atoms with Crippen molar-refractivity contribution >= 4 is 11.6 Å². The van der Waals surface area contributed by atoms with Gasteiger partial charge in [-0.3, -0.25) is 9.69 Å². The summed E-state index contributed by atoms with van der Waals surface area (Å²) in [6.07, 6.45) is 1.41. The molecule has 0 radical (unpaired) electrons. The first-order valence-electron chi connectivity index (χ1n) is 7.20. The number of aliphatic hydroxyl groups excluding tert-OH is 1. The molecule has 1 amide bonds. The summed E-state index contributed by atoms with van der Waals surface area (Å²) in [5.41, 5.74) is 7.25. The van der Waals surface area contributed by atoms with Gasteiger partial charge in [0.25, 0.3) is 0 Å². The Hall–Kier alpha value is -1.59. The van der Waals surface area contributed by atoms with Gasteiger partial charge in [0.2, 0.25) is 5.91 Å². The number of carbonyl (C=O) groups excluding carboxylic acids is 1. The van der Waals surface area contributed by atoms with Crippen molar-refractivity contribution in [2.24, 2.45) is 5.92 Å². The van der Waals surface area contributed by atoms with Gasteiger partial charge in [0.1, 0.15) is 0 Å². The van der Waals surface area contributed by atoms with Crippen molar-refractivity contribution in [3.8, 4) is 0 Å². The average molecular weight is 275 g/mol. The first-order valence-corrected chi connectivity index (χ1v) is 7.20. The zero-order chi connectivity index (χ0) is 14.1. The van der Waals surface area contributed by atoms with Crippen molar-refractivity contribution in [1.82, 2.24) is 10.2 Å². The van der Waals surface area contributed by atoms with Gasteiger partial charge in [0.05, 0.1) is 12.0 Å². The monoisotopic (exact) mass is 275 g/mol. The standard InChI is InChI=1S/C15H21N3O2/c16-11-4-1-3-10(7-11)14(19)9-18-6-2-5-12-13(18)8-17-15(12)20/h1,3-4,7,12-14,19H,2,5-6,8-9,16H2,(H,17,20). The molecule has 2 heterocycles. The fourth-order valence-corrected chi connectivity index (χ4v) is 3.36. The predicted molar refractivity (Wildman–Crippen MR) is 76.9 cm³/mol. The number of carbonyl (C=O) groups is 1. The molecule has 2 fully saturated rings. The minimum absolute atomic E-state index is 0.0943. The molecule has 5 heteroatoms. The lowest BCUT2D eigenvalue weighted by atomic mass is 9.91. The number of anilines is 1. The maximum atomic E-state index is 11.7. The first kappa shape index (κ1) is 13.4. The van der Waals surface area contributed by atoms with E-state index in [0.717, 1.165) is 24.9 Å². The number of amides is 1. The number of nitrogens with two attached hydrogens (primary N) is 1. The van der Waals surface area contributed by atoms with E-state index in [9.17, 15) is 9.90 Å². The fraction of sp³-hybridized carbons (Fsp3) is 0.533. The van der Waals surface area contributed by atoms with Crippen LogP contribution in [0.3, 0.4) is 0 Å². The molecule has 2 saturated heterocycles. The maximum Gasteiger partial charge on any atom is 0.224 e.